The van der Waals surface area contributed by atoms with E-state index in [9.17, 15) is 9.90 Å². The van der Waals surface area contributed by atoms with Crippen LogP contribution in [0.4, 0.5) is 0 Å². The molecule has 0 saturated carbocycles. The molecule has 0 aliphatic carbocycles. The van der Waals surface area contributed by atoms with Crippen LogP contribution in [0.15, 0.2) is 46.9 Å². The molecule has 7 heteroatoms. The van der Waals surface area contributed by atoms with Gasteiger partial charge in [-0.2, -0.15) is 0 Å². The third-order valence-corrected chi connectivity index (χ3v) is 6.66. The monoisotopic (exact) mass is 467 g/mol. The van der Waals surface area contributed by atoms with Crippen LogP contribution < -0.4 is 39.4 Å². The van der Waals surface area contributed by atoms with Gasteiger partial charge in [-0.3, -0.25) is 0 Å². The number of hydrogen-bond acceptors (Lipinski definition) is 6. The van der Waals surface area contributed by atoms with Gasteiger partial charge in [0.25, 0.3) is 0 Å². The maximum atomic E-state index is 12.3. The van der Waals surface area contributed by atoms with E-state index in [0.717, 1.165) is 48.2 Å². The first kappa shape index (κ1) is 24.7. The zero-order chi connectivity index (χ0) is 23.1. The zero-order valence-electron chi connectivity index (χ0n) is 20.0. The fourth-order valence-electron chi connectivity index (χ4n) is 4.72. The number of rotatable bonds is 5. The Morgan fingerprint density at radius 1 is 1.15 bits per heavy atom. The fourth-order valence-corrected chi connectivity index (χ4v) is 4.72. The summed E-state index contributed by atoms with van der Waals surface area (Å²) in [7, 11) is 0. The third-order valence-electron chi connectivity index (χ3n) is 6.66. The second kappa shape index (κ2) is 10.1. The van der Waals surface area contributed by atoms with Crippen LogP contribution in [0.1, 0.15) is 41.3 Å². The van der Waals surface area contributed by atoms with Crippen molar-refractivity contribution in [3.8, 4) is 17.2 Å². The van der Waals surface area contributed by atoms with Crippen LogP contribution in [-0.4, -0.2) is 30.3 Å². The number of fused-ring (bicyclic) bond motifs is 2. The van der Waals surface area contributed by atoms with Gasteiger partial charge in [0, 0.05) is 29.7 Å². The van der Waals surface area contributed by atoms with Gasteiger partial charge in [-0.15, -0.1) is 0 Å². The van der Waals surface area contributed by atoms with E-state index in [2.05, 4.69) is 0 Å². The van der Waals surface area contributed by atoms with E-state index in [0.29, 0.717) is 34.0 Å². The molecule has 1 atom stereocenters. The number of aromatic nitrogens is 1. The first-order chi connectivity index (χ1) is 15.9. The molecular formula is C27H26NNaO5. The molecule has 6 nitrogen and oxygen atoms in total. The van der Waals surface area contributed by atoms with E-state index < -0.39 is 5.97 Å². The minimum Gasteiger partial charge on any atom is -0.545 e. The molecule has 3 heterocycles. The summed E-state index contributed by atoms with van der Waals surface area (Å²) in [4.78, 5) is 17.1. The molecule has 2 aromatic carbocycles. The van der Waals surface area contributed by atoms with Crippen molar-refractivity contribution >= 4 is 27.8 Å². The Morgan fingerprint density at radius 3 is 2.59 bits per heavy atom. The molecule has 2 aromatic heterocycles. The average molecular weight is 467 g/mol. The first-order valence-corrected chi connectivity index (χ1v) is 11.3. The Labute approximate surface area is 220 Å². The van der Waals surface area contributed by atoms with Gasteiger partial charge >= 0.3 is 29.6 Å². The third kappa shape index (κ3) is 4.48. The average Bonchev–Trinajstić information content (AvgIpc) is 3.17. The molecule has 1 aliphatic heterocycles. The van der Waals surface area contributed by atoms with E-state index in [1.54, 1.807) is 0 Å². The summed E-state index contributed by atoms with van der Waals surface area (Å²) in [6, 6.07) is 13.0. The molecule has 0 bridgehead atoms. The van der Waals surface area contributed by atoms with Gasteiger partial charge in [-0.05, 0) is 63.3 Å². The van der Waals surface area contributed by atoms with Crippen molar-refractivity contribution in [3.05, 3.63) is 59.2 Å². The number of nitrogens with zero attached hydrogens (tertiary/aromatic N) is 1. The van der Waals surface area contributed by atoms with Crippen LogP contribution in [0, 0.1) is 19.8 Å². The molecule has 5 rings (SSSR count). The Bertz CT molecular complexity index is 1360. The number of carboxylic acid groups (broad SMARTS) is 1. The molecular weight excluding hydrogens is 441 g/mol. The van der Waals surface area contributed by atoms with Gasteiger partial charge in [0.15, 0.2) is 5.76 Å². The summed E-state index contributed by atoms with van der Waals surface area (Å²) in [5, 5.41) is 13.7. The van der Waals surface area contributed by atoms with E-state index in [1.165, 1.54) is 6.07 Å². The van der Waals surface area contributed by atoms with Gasteiger partial charge in [-0.1, -0.05) is 24.3 Å². The van der Waals surface area contributed by atoms with Gasteiger partial charge in [0.1, 0.15) is 17.0 Å². The molecule has 0 amide bonds. The number of para-hydroxylation sites is 1. The summed E-state index contributed by atoms with van der Waals surface area (Å²) in [5.74, 6) is 0.148. The van der Waals surface area contributed by atoms with Crippen molar-refractivity contribution in [3.63, 3.8) is 0 Å². The predicted octanol–water partition coefficient (Wildman–Crippen LogP) is 1.83. The molecule has 1 aliphatic rings. The molecule has 170 valence electrons. The molecule has 4 aromatic rings. The first-order valence-electron chi connectivity index (χ1n) is 11.3. The summed E-state index contributed by atoms with van der Waals surface area (Å²) >= 11 is 0. The molecule has 1 saturated heterocycles. The number of furan rings is 1. The van der Waals surface area contributed by atoms with Crippen molar-refractivity contribution < 1.29 is 53.3 Å². The van der Waals surface area contributed by atoms with Crippen LogP contribution in [0.3, 0.4) is 0 Å². The van der Waals surface area contributed by atoms with Crippen LogP contribution in [0.2, 0.25) is 0 Å². The number of benzene rings is 2. The predicted molar refractivity (Wildman–Crippen MR) is 124 cm³/mol. The molecule has 0 N–H and O–H groups in total. The molecule has 34 heavy (non-hydrogen) atoms. The Balaban J connectivity index is 0.00000274. The smallest absolute Gasteiger partial charge is 0.545 e. The van der Waals surface area contributed by atoms with Crippen LogP contribution in [0.5, 0.6) is 5.75 Å². The Kier molecular flexibility index (Phi) is 7.33. The number of carboxylic acids is 1. The SMILES string of the molecule is Cc1c(-c2cc(C(=O)[O-])c3c(O[C@H](C)C4CCOCC4)ccc(C)c3n2)oc2ccccc12.[Na+]. The Hall–Kier alpha value is -2.38. The van der Waals surface area contributed by atoms with Gasteiger partial charge in [-0.25, -0.2) is 4.98 Å². The zero-order valence-corrected chi connectivity index (χ0v) is 22.0. The van der Waals surface area contributed by atoms with Crippen molar-refractivity contribution in [2.45, 2.75) is 39.7 Å². The molecule has 1 fully saturated rings. The molecule has 0 spiro atoms. The number of ether oxygens (including phenoxy) is 2. The second-order valence-electron chi connectivity index (χ2n) is 8.77. The molecule has 0 unspecified atom stereocenters. The molecule has 0 radical (unpaired) electrons. The number of hydrogen-bond donors (Lipinski definition) is 0. The number of carbonyl (C=O) groups excluding carboxylic acids is 1. The van der Waals surface area contributed by atoms with Crippen molar-refractivity contribution in [1.82, 2.24) is 4.98 Å². The summed E-state index contributed by atoms with van der Waals surface area (Å²) in [6.45, 7) is 7.33. The van der Waals surface area contributed by atoms with Crippen molar-refractivity contribution in [2.75, 3.05) is 13.2 Å². The maximum absolute atomic E-state index is 12.3. The fraction of sp³-hybridized carbons (Fsp3) is 0.333. The van der Waals surface area contributed by atoms with Crippen molar-refractivity contribution in [2.24, 2.45) is 5.92 Å². The quantitative estimate of drug-likeness (QED) is 0.417. The van der Waals surface area contributed by atoms with E-state index in [1.807, 2.05) is 57.2 Å². The van der Waals surface area contributed by atoms with Crippen LogP contribution in [0.25, 0.3) is 33.3 Å². The number of aryl methyl sites for hydroxylation is 2. The minimum atomic E-state index is -1.27. The van der Waals surface area contributed by atoms with Crippen molar-refractivity contribution in [1.29, 1.82) is 0 Å². The van der Waals surface area contributed by atoms with E-state index >= 15 is 0 Å². The van der Waals surface area contributed by atoms with Crippen LogP contribution in [-0.2, 0) is 4.74 Å². The summed E-state index contributed by atoms with van der Waals surface area (Å²) < 4.78 is 17.8. The van der Waals surface area contributed by atoms with Gasteiger partial charge < -0.3 is 23.8 Å². The normalized spacial score (nSPS) is 15.3. The van der Waals surface area contributed by atoms with E-state index in [4.69, 9.17) is 18.9 Å². The summed E-state index contributed by atoms with van der Waals surface area (Å²) in [6.07, 6.45) is 1.77. The number of pyridine rings is 1. The minimum absolute atomic E-state index is 0. The maximum Gasteiger partial charge on any atom is 1.00 e. The van der Waals surface area contributed by atoms with E-state index in [-0.39, 0.29) is 41.2 Å². The van der Waals surface area contributed by atoms with Gasteiger partial charge in [0.2, 0.25) is 0 Å². The Morgan fingerprint density at radius 2 is 1.88 bits per heavy atom. The standard InChI is InChI=1S/C27H27NO5.Na/c1-15-8-9-23(32-17(3)18-10-12-31-13-11-18)24-20(27(29)30)14-21(28-25(15)24)26-16(2)19-6-4-5-7-22(19)33-26;/h4-9,14,17-18H,10-13H2,1-3H3,(H,29,30);/q;+1/p-1/t17-;/m1./s1. The topological polar surface area (TPSA) is 84.6 Å². The number of carbonyl (C=O) groups is 1. The second-order valence-corrected chi connectivity index (χ2v) is 8.77. The summed E-state index contributed by atoms with van der Waals surface area (Å²) in [5.41, 5.74) is 3.60. The van der Waals surface area contributed by atoms with Gasteiger partial charge in [0.05, 0.1) is 23.0 Å². The number of aromatic carboxylic acids is 1. The largest absolute Gasteiger partial charge is 1.00 e. The van der Waals surface area contributed by atoms with Crippen LogP contribution >= 0.6 is 0 Å².